The van der Waals surface area contributed by atoms with Crippen LogP contribution in [-0.4, -0.2) is 44.0 Å². The molecule has 7 nitrogen and oxygen atoms in total. The third-order valence-corrected chi connectivity index (χ3v) is 5.95. The zero-order chi connectivity index (χ0) is 23.9. The van der Waals surface area contributed by atoms with Crippen LogP contribution in [0.25, 0.3) is 0 Å². The standard InChI is InChI=1S/C27H29N3O4/c1-33-23-12-9-19-13-15-30(18-21(19)17-23)16-14-26(31)28-22-10-7-20(8-11-22)27(32)29-24-5-3-4-6-25(24)34-2/h3-12,17H,13-16,18H2,1-2H3,(H,28,31)(H,29,32). The van der Waals surface area contributed by atoms with Crippen LogP contribution in [0.3, 0.4) is 0 Å². The number of carbonyl (C=O) groups excluding carboxylic acids is 2. The maximum Gasteiger partial charge on any atom is 0.255 e. The lowest BCUT2D eigenvalue weighted by Gasteiger charge is -2.28. The van der Waals surface area contributed by atoms with E-state index in [1.807, 2.05) is 18.2 Å². The molecule has 0 bridgehead atoms. The lowest BCUT2D eigenvalue weighted by Crippen LogP contribution is -2.33. The molecule has 0 unspecified atom stereocenters. The Labute approximate surface area is 199 Å². The van der Waals surface area contributed by atoms with E-state index in [9.17, 15) is 9.59 Å². The minimum Gasteiger partial charge on any atom is -0.497 e. The molecule has 4 rings (SSSR count). The molecule has 1 heterocycles. The number of methoxy groups -OCH3 is 2. The first kappa shape index (κ1) is 23.3. The molecule has 2 N–H and O–H groups in total. The van der Waals surface area contributed by atoms with Crippen LogP contribution in [0.2, 0.25) is 0 Å². The van der Waals surface area contributed by atoms with Gasteiger partial charge in [0, 0.05) is 37.3 Å². The van der Waals surface area contributed by atoms with Gasteiger partial charge in [-0.05, 0) is 66.1 Å². The normalized spacial score (nSPS) is 13.0. The molecule has 1 aliphatic heterocycles. The molecule has 1 aliphatic rings. The average Bonchev–Trinajstić information content (AvgIpc) is 2.87. The van der Waals surface area contributed by atoms with Crippen molar-refractivity contribution in [1.82, 2.24) is 4.90 Å². The van der Waals surface area contributed by atoms with Crippen LogP contribution in [0.15, 0.2) is 66.7 Å². The lowest BCUT2D eigenvalue weighted by molar-refractivity contribution is -0.116. The highest BCUT2D eigenvalue weighted by atomic mass is 16.5. The minimum atomic E-state index is -0.246. The van der Waals surface area contributed by atoms with E-state index in [4.69, 9.17) is 9.47 Å². The summed E-state index contributed by atoms with van der Waals surface area (Å²) in [5, 5.41) is 5.76. The highest BCUT2D eigenvalue weighted by Crippen LogP contribution is 2.25. The molecule has 0 saturated heterocycles. The summed E-state index contributed by atoms with van der Waals surface area (Å²) in [6, 6.07) is 20.3. The van der Waals surface area contributed by atoms with Gasteiger partial charge < -0.3 is 20.1 Å². The number of hydrogen-bond acceptors (Lipinski definition) is 5. The van der Waals surface area contributed by atoms with Crippen LogP contribution < -0.4 is 20.1 Å². The molecule has 0 fully saturated rings. The Hall–Kier alpha value is -3.84. The number of amides is 2. The van der Waals surface area contributed by atoms with Crippen LogP contribution in [0.1, 0.15) is 27.9 Å². The molecule has 0 aromatic heterocycles. The van der Waals surface area contributed by atoms with Gasteiger partial charge in [0.2, 0.25) is 5.91 Å². The van der Waals surface area contributed by atoms with Crippen LogP contribution >= 0.6 is 0 Å². The largest absolute Gasteiger partial charge is 0.497 e. The number of para-hydroxylation sites is 2. The second-order valence-electron chi connectivity index (χ2n) is 8.19. The number of benzene rings is 3. The molecule has 0 saturated carbocycles. The molecule has 0 aliphatic carbocycles. The average molecular weight is 460 g/mol. The van der Waals surface area contributed by atoms with E-state index < -0.39 is 0 Å². The van der Waals surface area contributed by atoms with Crippen molar-refractivity contribution in [3.63, 3.8) is 0 Å². The lowest BCUT2D eigenvalue weighted by atomic mass is 9.99. The number of rotatable bonds is 8. The van der Waals surface area contributed by atoms with Crippen LogP contribution in [0.4, 0.5) is 11.4 Å². The van der Waals surface area contributed by atoms with Crippen molar-refractivity contribution in [3.8, 4) is 11.5 Å². The summed E-state index contributed by atoms with van der Waals surface area (Å²) in [6.45, 7) is 2.43. The first-order valence-electron chi connectivity index (χ1n) is 11.3. The third kappa shape index (κ3) is 5.74. The quantitative estimate of drug-likeness (QED) is 0.524. The van der Waals surface area contributed by atoms with E-state index >= 15 is 0 Å². The maximum atomic E-state index is 12.6. The zero-order valence-corrected chi connectivity index (χ0v) is 19.5. The topological polar surface area (TPSA) is 79.9 Å². The van der Waals surface area contributed by atoms with Gasteiger partial charge >= 0.3 is 0 Å². The Morgan fingerprint density at radius 1 is 0.912 bits per heavy atom. The third-order valence-electron chi connectivity index (χ3n) is 5.95. The van der Waals surface area contributed by atoms with Gasteiger partial charge in [0.1, 0.15) is 11.5 Å². The van der Waals surface area contributed by atoms with Gasteiger partial charge in [-0.2, -0.15) is 0 Å². The van der Waals surface area contributed by atoms with Crippen molar-refractivity contribution in [2.24, 2.45) is 0 Å². The molecule has 0 spiro atoms. The van der Waals surface area contributed by atoms with Crippen molar-refractivity contribution in [3.05, 3.63) is 83.4 Å². The smallest absolute Gasteiger partial charge is 0.255 e. The Morgan fingerprint density at radius 2 is 1.71 bits per heavy atom. The summed E-state index contributed by atoms with van der Waals surface area (Å²) in [6.07, 6.45) is 1.37. The van der Waals surface area contributed by atoms with Crippen molar-refractivity contribution in [2.45, 2.75) is 19.4 Å². The van der Waals surface area contributed by atoms with Gasteiger partial charge in [-0.25, -0.2) is 0 Å². The SMILES string of the molecule is COc1ccc2c(c1)CN(CCC(=O)Nc1ccc(C(=O)Nc3ccccc3OC)cc1)CC2. The van der Waals surface area contributed by atoms with E-state index in [1.165, 1.54) is 11.1 Å². The van der Waals surface area contributed by atoms with Crippen molar-refractivity contribution < 1.29 is 19.1 Å². The Morgan fingerprint density at radius 3 is 2.47 bits per heavy atom. The van der Waals surface area contributed by atoms with Crippen LogP contribution in [0, 0.1) is 0 Å². The van der Waals surface area contributed by atoms with Crippen molar-refractivity contribution in [2.75, 3.05) is 37.9 Å². The molecule has 0 atom stereocenters. The summed E-state index contributed by atoms with van der Waals surface area (Å²) in [5.41, 5.74) is 4.36. The Bertz CT molecular complexity index is 1160. The second kappa shape index (κ2) is 10.9. The monoisotopic (exact) mass is 459 g/mol. The Balaban J connectivity index is 1.27. The first-order chi connectivity index (χ1) is 16.6. The molecule has 34 heavy (non-hydrogen) atoms. The summed E-state index contributed by atoms with van der Waals surface area (Å²) < 4.78 is 10.6. The van der Waals surface area contributed by atoms with Gasteiger partial charge in [-0.1, -0.05) is 18.2 Å². The van der Waals surface area contributed by atoms with Crippen LogP contribution in [-0.2, 0) is 17.8 Å². The van der Waals surface area contributed by atoms with E-state index in [2.05, 4.69) is 27.7 Å². The fraction of sp³-hybridized carbons (Fsp3) is 0.259. The van der Waals surface area contributed by atoms with Gasteiger partial charge in [0.05, 0.1) is 19.9 Å². The predicted molar refractivity (Wildman–Crippen MR) is 133 cm³/mol. The van der Waals surface area contributed by atoms with Gasteiger partial charge in [0.15, 0.2) is 0 Å². The number of nitrogens with one attached hydrogen (secondary N) is 2. The molecule has 3 aromatic rings. The predicted octanol–water partition coefficient (Wildman–Crippen LogP) is 4.34. The van der Waals surface area contributed by atoms with E-state index in [-0.39, 0.29) is 11.8 Å². The van der Waals surface area contributed by atoms with E-state index in [0.717, 1.165) is 25.3 Å². The first-order valence-corrected chi connectivity index (χ1v) is 11.3. The highest BCUT2D eigenvalue weighted by molar-refractivity contribution is 6.05. The van der Waals surface area contributed by atoms with Gasteiger partial charge in [-0.3, -0.25) is 14.5 Å². The number of anilines is 2. The highest BCUT2D eigenvalue weighted by Gasteiger charge is 2.18. The molecular weight excluding hydrogens is 430 g/mol. The van der Waals surface area contributed by atoms with Gasteiger partial charge in [0.25, 0.3) is 5.91 Å². The summed E-state index contributed by atoms with van der Waals surface area (Å²) in [7, 11) is 3.23. The number of nitrogens with zero attached hydrogens (tertiary/aromatic N) is 1. The fourth-order valence-electron chi connectivity index (χ4n) is 4.04. The second-order valence-corrected chi connectivity index (χ2v) is 8.19. The van der Waals surface area contributed by atoms with Gasteiger partial charge in [-0.15, -0.1) is 0 Å². The van der Waals surface area contributed by atoms with Crippen LogP contribution in [0.5, 0.6) is 11.5 Å². The Kier molecular flexibility index (Phi) is 7.44. The molecule has 2 amide bonds. The number of fused-ring (bicyclic) bond motifs is 1. The molecule has 0 radical (unpaired) electrons. The zero-order valence-electron chi connectivity index (χ0n) is 19.5. The molecule has 176 valence electrons. The number of carbonyl (C=O) groups is 2. The minimum absolute atomic E-state index is 0.0531. The fourth-order valence-corrected chi connectivity index (χ4v) is 4.04. The molecule has 3 aromatic carbocycles. The number of ether oxygens (including phenoxy) is 2. The van der Waals surface area contributed by atoms with E-state index in [0.29, 0.717) is 35.7 Å². The summed E-state index contributed by atoms with van der Waals surface area (Å²) in [4.78, 5) is 27.3. The molecular formula is C27H29N3O4. The summed E-state index contributed by atoms with van der Waals surface area (Å²) in [5.74, 6) is 1.15. The van der Waals surface area contributed by atoms with Crippen molar-refractivity contribution in [1.29, 1.82) is 0 Å². The van der Waals surface area contributed by atoms with Crippen molar-refractivity contribution >= 4 is 23.2 Å². The maximum absolute atomic E-state index is 12.6. The molecule has 7 heteroatoms. The number of hydrogen-bond donors (Lipinski definition) is 2. The summed E-state index contributed by atoms with van der Waals surface area (Å²) >= 11 is 0. The van der Waals surface area contributed by atoms with E-state index in [1.54, 1.807) is 50.6 Å².